The molecule has 0 amide bonds. The third kappa shape index (κ3) is 5.66. The van der Waals surface area contributed by atoms with Gasteiger partial charge in [-0.25, -0.2) is 0 Å². The molecule has 0 saturated carbocycles. The second-order valence-electron chi connectivity index (χ2n) is 2.37. The first-order chi connectivity index (χ1) is 7.02. The van der Waals surface area contributed by atoms with Gasteiger partial charge in [-0.3, -0.25) is 0 Å². The Balaban J connectivity index is 0.000000921. The lowest BCUT2D eigenvalue weighted by molar-refractivity contribution is 1.28. The third-order valence-electron chi connectivity index (χ3n) is 1.52. The van der Waals surface area contributed by atoms with Gasteiger partial charge in [-0.1, -0.05) is 99.6 Å². The highest BCUT2D eigenvalue weighted by atomic mass is 79.9. The van der Waals surface area contributed by atoms with Crippen molar-refractivity contribution in [3.63, 3.8) is 0 Å². The van der Waals surface area contributed by atoms with E-state index in [1.165, 1.54) is 11.1 Å². The zero-order valence-corrected chi connectivity index (χ0v) is 16.2. The van der Waals surface area contributed by atoms with Gasteiger partial charge in [-0.2, -0.15) is 0 Å². The Labute approximate surface area is 133 Å². The number of alkyl halides is 4. The summed E-state index contributed by atoms with van der Waals surface area (Å²) in [5.41, 5.74) is 2.41. The smallest absolute Gasteiger partial charge is 0.0712 e. The summed E-state index contributed by atoms with van der Waals surface area (Å²) in [6.45, 7) is 4.00. The SMILES string of the molecule is Brc1ccc(C(Br)Br)c(C(Br)Br)c1.CC. The minimum absolute atomic E-state index is 0.171. The highest BCUT2D eigenvalue weighted by Crippen LogP contribution is 2.40. The quantitative estimate of drug-likeness (QED) is 0.360. The van der Waals surface area contributed by atoms with Crippen LogP contribution in [0.25, 0.3) is 0 Å². The van der Waals surface area contributed by atoms with E-state index in [1.54, 1.807) is 0 Å². The zero-order chi connectivity index (χ0) is 12.0. The van der Waals surface area contributed by atoms with Gasteiger partial charge in [-0.15, -0.1) is 0 Å². The molecule has 0 heterocycles. The van der Waals surface area contributed by atoms with Gasteiger partial charge in [0.15, 0.2) is 0 Å². The monoisotopic (exact) mass is 526 g/mol. The van der Waals surface area contributed by atoms with Gasteiger partial charge < -0.3 is 0 Å². The number of halogens is 5. The molecule has 0 bridgehead atoms. The average molecular weight is 531 g/mol. The average Bonchev–Trinajstić information content (AvgIpc) is 2.20. The fourth-order valence-corrected chi connectivity index (χ4v) is 2.94. The Morgan fingerprint density at radius 1 is 0.867 bits per heavy atom. The molecule has 0 atom stereocenters. The molecular weight excluding hydrogens is 520 g/mol. The summed E-state index contributed by atoms with van der Waals surface area (Å²) < 4.78 is 1.43. The van der Waals surface area contributed by atoms with Crippen molar-refractivity contribution in [2.24, 2.45) is 0 Å². The molecule has 0 nitrogen and oxygen atoms in total. The van der Waals surface area contributed by atoms with Gasteiger partial charge in [0.2, 0.25) is 0 Å². The van der Waals surface area contributed by atoms with E-state index in [1.807, 2.05) is 19.9 Å². The fraction of sp³-hybridized carbons (Fsp3) is 0.400. The van der Waals surface area contributed by atoms with Crippen LogP contribution in [0.15, 0.2) is 22.7 Å². The van der Waals surface area contributed by atoms with Crippen molar-refractivity contribution >= 4 is 79.6 Å². The Bertz CT molecular complexity index is 296. The van der Waals surface area contributed by atoms with Crippen LogP contribution in [0, 0.1) is 0 Å². The lowest BCUT2D eigenvalue weighted by atomic mass is 10.1. The second kappa shape index (κ2) is 8.67. The van der Waals surface area contributed by atoms with E-state index < -0.39 is 0 Å². The minimum atomic E-state index is 0.171. The highest BCUT2D eigenvalue weighted by Gasteiger charge is 2.13. The molecule has 1 aromatic carbocycles. The molecular formula is C10H11Br5. The molecule has 1 aromatic rings. The van der Waals surface area contributed by atoms with E-state index in [4.69, 9.17) is 0 Å². The molecule has 0 fully saturated rings. The van der Waals surface area contributed by atoms with Crippen LogP contribution in [0.1, 0.15) is 32.4 Å². The van der Waals surface area contributed by atoms with E-state index in [0.717, 1.165) is 4.47 Å². The summed E-state index contributed by atoms with van der Waals surface area (Å²) in [5, 5.41) is 0. The van der Waals surface area contributed by atoms with Gasteiger partial charge in [0, 0.05) is 4.47 Å². The minimum Gasteiger partial charge on any atom is -0.0712 e. The number of hydrogen-bond donors (Lipinski definition) is 0. The van der Waals surface area contributed by atoms with Crippen LogP contribution < -0.4 is 0 Å². The van der Waals surface area contributed by atoms with Crippen LogP contribution in [-0.2, 0) is 0 Å². The van der Waals surface area contributed by atoms with Crippen molar-refractivity contribution in [3.8, 4) is 0 Å². The third-order valence-corrected chi connectivity index (χ3v) is 3.99. The Hall–Kier alpha value is 1.62. The molecule has 0 spiro atoms. The van der Waals surface area contributed by atoms with E-state index in [0.29, 0.717) is 0 Å². The van der Waals surface area contributed by atoms with Crippen molar-refractivity contribution in [2.75, 3.05) is 0 Å². The Morgan fingerprint density at radius 3 is 1.73 bits per heavy atom. The molecule has 0 radical (unpaired) electrons. The normalized spacial score (nSPS) is 10.2. The largest absolute Gasteiger partial charge is 0.0950 e. The maximum atomic E-state index is 3.49. The lowest BCUT2D eigenvalue weighted by Gasteiger charge is -2.11. The van der Waals surface area contributed by atoms with Crippen molar-refractivity contribution in [3.05, 3.63) is 33.8 Å². The molecule has 0 aromatic heterocycles. The van der Waals surface area contributed by atoms with Crippen molar-refractivity contribution in [1.29, 1.82) is 0 Å². The predicted molar refractivity (Wildman–Crippen MR) is 86.7 cm³/mol. The van der Waals surface area contributed by atoms with E-state index >= 15 is 0 Å². The topological polar surface area (TPSA) is 0 Å². The summed E-state index contributed by atoms with van der Waals surface area (Å²) in [6, 6.07) is 6.18. The molecule has 0 unspecified atom stereocenters. The molecule has 15 heavy (non-hydrogen) atoms. The van der Waals surface area contributed by atoms with E-state index in [2.05, 4.69) is 91.8 Å². The second-order valence-corrected chi connectivity index (χ2v) is 9.41. The van der Waals surface area contributed by atoms with Crippen LogP contribution in [0.5, 0.6) is 0 Å². The maximum Gasteiger partial charge on any atom is 0.0950 e. The molecule has 0 saturated heterocycles. The van der Waals surface area contributed by atoms with Gasteiger partial charge >= 0.3 is 0 Å². The van der Waals surface area contributed by atoms with Crippen LogP contribution >= 0.6 is 79.6 Å². The van der Waals surface area contributed by atoms with Crippen LogP contribution in [0.4, 0.5) is 0 Å². The Morgan fingerprint density at radius 2 is 1.33 bits per heavy atom. The molecule has 86 valence electrons. The van der Waals surface area contributed by atoms with Crippen molar-refractivity contribution < 1.29 is 0 Å². The predicted octanol–water partition coefficient (Wildman–Crippen LogP) is 7.05. The summed E-state index contributed by atoms with van der Waals surface area (Å²) in [4.78, 5) is 0. The molecule has 1 rings (SSSR count). The first kappa shape index (κ1) is 16.6. The number of hydrogen-bond acceptors (Lipinski definition) is 0. The number of rotatable bonds is 2. The van der Waals surface area contributed by atoms with Crippen LogP contribution in [0.2, 0.25) is 0 Å². The summed E-state index contributed by atoms with van der Waals surface area (Å²) in [6.07, 6.45) is 0. The first-order valence-corrected chi connectivity index (χ1v) is 8.83. The van der Waals surface area contributed by atoms with E-state index in [9.17, 15) is 0 Å². The molecule has 0 aliphatic heterocycles. The molecule has 0 aliphatic rings. The molecule has 0 N–H and O–H groups in total. The van der Waals surface area contributed by atoms with Gasteiger partial charge in [-0.05, 0) is 23.3 Å². The molecule has 0 aliphatic carbocycles. The maximum absolute atomic E-state index is 3.49. The first-order valence-electron chi connectivity index (χ1n) is 4.38. The lowest BCUT2D eigenvalue weighted by Crippen LogP contribution is -1.91. The molecule has 5 heteroatoms. The van der Waals surface area contributed by atoms with Crippen LogP contribution in [-0.4, -0.2) is 0 Å². The fourth-order valence-electron chi connectivity index (χ4n) is 0.933. The van der Waals surface area contributed by atoms with E-state index in [-0.39, 0.29) is 7.47 Å². The summed E-state index contributed by atoms with van der Waals surface area (Å²) >= 11 is 17.4. The summed E-state index contributed by atoms with van der Waals surface area (Å²) in [7, 11) is 0. The van der Waals surface area contributed by atoms with Gasteiger partial charge in [0.05, 0.1) is 7.47 Å². The van der Waals surface area contributed by atoms with Crippen molar-refractivity contribution in [2.45, 2.75) is 21.3 Å². The van der Waals surface area contributed by atoms with Crippen LogP contribution in [0.3, 0.4) is 0 Å². The standard InChI is InChI=1S/C8H5Br5.C2H6/c9-4-1-2-5(7(10)11)6(3-4)8(12)13;1-2/h1-3,7-8H;1-2H3. The number of benzene rings is 1. The van der Waals surface area contributed by atoms with Gasteiger partial charge in [0.1, 0.15) is 0 Å². The van der Waals surface area contributed by atoms with Gasteiger partial charge in [0.25, 0.3) is 0 Å². The van der Waals surface area contributed by atoms with Crippen molar-refractivity contribution in [1.82, 2.24) is 0 Å². The Kier molecular flexibility index (Phi) is 9.61. The summed E-state index contributed by atoms with van der Waals surface area (Å²) in [5.74, 6) is 0. The highest BCUT2D eigenvalue weighted by molar-refractivity contribution is 9.24. The zero-order valence-electron chi connectivity index (χ0n) is 8.28.